The summed E-state index contributed by atoms with van der Waals surface area (Å²) in [6, 6.07) is 27.9. The van der Waals surface area contributed by atoms with E-state index >= 15 is 0 Å². The molecule has 6 heterocycles. The molecule has 16 heteroatoms. The quantitative estimate of drug-likeness (QED) is 0.0525. The Bertz CT molecular complexity index is 2800. The summed E-state index contributed by atoms with van der Waals surface area (Å²) in [5.41, 5.74) is 3.54. The molecular formula is C57H67F3N6O7. The molecule has 0 radical (unpaired) electrons. The maximum Gasteiger partial charge on any atom is 0.410 e. The van der Waals surface area contributed by atoms with E-state index in [9.17, 15) is 43.2 Å². The number of rotatable bonds is 12. The highest BCUT2D eigenvalue weighted by Gasteiger charge is 2.43. The number of hydrogen-bond acceptors (Lipinski definition) is 9. The first-order valence-electron chi connectivity index (χ1n) is 25.7. The average molecular weight is 1010 g/mol. The zero-order valence-corrected chi connectivity index (χ0v) is 41.2. The first-order valence-corrected chi connectivity index (χ1v) is 25.7. The molecule has 2 unspecified atom stereocenters. The number of halogens is 3. The van der Waals surface area contributed by atoms with Crippen molar-refractivity contribution in [1.29, 1.82) is 0 Å². The van der Waals surface area contributed by atoms with Gasteiger partial charge in [0, 0.05) is 79.5 Å². The molecule has 6 N–H and O–H groups in total. The number of para-hydroxylation sites is 2. The number of fused-ring (bicyclic) bond motifs is 2. The van der Waals surface area contributed by atoms with Gasteiger partial charge in [-0.2, -0.15) is 0 Å². The number of carbonyl (C=O) groups excluding carboxylic acids is 2. The van der Waals surface area contributed by atoms with Crippen molar-refractivity contribution in [1.82, 2.24) is 29.6 Å². The van der Waals surface area contributed by atoms with E-state index in [1.165, 1.54) is 44.5 Å². The van der Waals surface area contributed by atoms with Crippen LogP contribution in [0.5, 0.6) is 0 Å². The molecule has 4 saturated heterocycles. The Hall–Kier alpha value is -6.01. The molecule has 73 heavy (non-hydrogen) atoms. The normalized spacial score (nSPS) is 20.0. The highest BCUT2D eigenvalue weighted by molar-refractivity contribution is 5.92. The standard InChI is InChI=1S/C29H32F3N3O3.C28H35N3O4/c30-23-15-19(16-24(31)28(23)32)5-6-27(37)35-13-9-29(38,10-14-35)26(36)18-34-11-7-20(8-12-34)22-17-33-25-4-2-1-3-21(22)25;32-26(19-30-14-10-22(11-15-30)24-18-29-25-9-5-4-8-23(24)25)28(34)12-16-31(17-13-28)27(33)35-20-21-6-2-1-3-7-21/h1-6,15-17,20,26,33,36,38H,7-14,18H2;1-9,18,22,26,29,32,34H,10-17,19-20H2/b6-5+;. The van der Waals surface area contributed by atoms with Crippen LogP contribution in [-0.2, 0) is 16.1 Å². The van der Waals surface area contributed by atoms with Crippen LogP contribution >= 0.6 is 0 Å². The van der Waals surface area contributed by atoms with Crippen LogP contribution in [0.4, 0.5) is 18.0 Å². The maximum atomic E-state index is 13.4. The number of benzene rings is 4. The minimum absolute atomic E-state index is 0.0344. The van der Waals surface area contributed by atoms with Gasteiger partial charge in [-0.05, 0) is 142 Å². The molecule has 0 saturated carbocycles. The van der Waals surface area contributed by atoms with Gasteiger partial charge in [0.2, 0.25) is 5.91 Å². The predicted molar refractivity (Wildman–Crippen MR) is 274 cm³/mol. The summed E-state index contributed by atoms with van der Waals surface area (Å²) in [6.07, 6.45) is 9.65. The van der Waals surface area contributed by atoms with Crippen molar-refractivity contribution in [2.24, 2.45) is 0 Å². The molecule has 0 spiro atoms. The third-order valence-electron chi connectivity index (χ3n) is 15.9. The highest BCUT2D eigenvalue weighted by atomic mass is 19.2. The summed E-state index contributed by atoms with van der Waals surface area (Å²) in [6.45, 7) is 5.75. The second-order valence-corrected chi connectivity index (χ2v) is 20.5. The van der Waals surface area contributed by atoms with E-state index in [4.69, 9.17) is 4.74 Å². The number of aromatic amines is 2. The number of nitrogens with zero attached hydrogens (tertiary/aromatic N) is 4. The van der Waals surface area contributed by atoms with Gasteiger partial charge in [-0.15, -0.1) is 0 Å². The minimum atomic E-state index is -1.55. The van der Waals surface area contributed by atoms with Gasteiger partial charge in [-0.3, -0.25) is 4.79 Å². The van der Waals surface area contributed by atoms with Gasteiger partial charge < -0.3 is 54.7 Å². The van der Waals surface area contributed by atoms with Crippen LogP contribution in [0.25, 0.3) is 27.9 Å². The number of amides is 2. The molecule has 6 aromatic rings. The smallest absolute Gasteiger partial charge is 0.410 e. The highest BCUT2D eigenvalue weighted by Crippen LogP contribution is 2.36. The van der Waals surface area contributed by atoms with E-state index in [0.717, 1.165) is 75.1 Å². The number of aliphatic hydroxyl groups is 4. The van der Waals surface area contributed by atoms with Crippen LogP contribution in [0, 0.1) is 17.5 Å². The number of likely N-dealkylation sites (tertiary alicyclic amines) is 4. The van der Waals surface area contributed by atoms with E-state index in [1.54, 1.807) is 4.90 Å². The molecule has 2 amide bonds. The minimum Gasteiger partial charge on any atom is -0.445 e. The van der Waals surface area contributed by atoms with E-state index < -0.39 is 40.9 Å². The Balaban J connectivity index is 0.000000180. The molecular weight excluding hydrogens is 938 g/mol. The summed E-state index contributed by atoms with van der Waals surface area (Å²) in [5.74, 6) is -3.62. The van der Waals surface area contributed by atoms with Crippen LogP contribution in [0.15, 0.2) is 109 Å². The number of carbonyl (C=O) groups is 2. The van der Waals surface area contributed by atoms with Crippen molar-refractivity contribution in [3.05, 3.63) is 149 Å². The van der Waals surface area contributed by atoms with Gasteiger partial charge >= 0.3 is 6.09 Å². The van der Waals surface area contributed by atoms with Crippen molar-refractivity contribution in [3.8, 4) is 0 Å². The second kappa shape index (κ2) is 23.0. The molecule has 4 fully saturated rings. The Kier molecular flexibility index (Phi) is 16.4. The second-order valence-electron chi connectivity index (χ2n) is 20.5. The molecule has 13 nitrogen and oxygen atoms in total. The van der Waals surface area contributed by atoms with Crippen LogP contribution < -0.4 is 0 Å². The lowest BCUT2D eigenvalue weighted by Crippen LogP contribution is -2.56. The molecule has 4 aliphatic rings. The number of nitrogens with one attached hydrogen (secondary N) is 2. The number of β-amino-alcohol motifs (C(OH)–C–C–N with tert-alkyl or cyclic N) is 2. The molecule has 2 aromatic heterocycles. The fourth-order valence-corrected chi connectivity index (χ4v) is 11.2. The lowest BCUT2D eigenvalue weighted by Gasteiger charge is -2.43. The first kappa shape index (κ1) is 51.9. The lowest BCUT2D eigenvalue weighted by atomic mass is 9.84. The van der Waals surface area contributed by atoms with Gasteiger partial charge in [0.15, 0.2) is 17.5 Å². The van der Waals surface area contributed by atoms with Gasteiger partial charge in [0.05, 0.1) is 23.4 Å². The number of ether oxygens (including phenoxy) is 1. The fraction of sp³-hybridized carbons (Fsp3) is 0.439. The lowest BCUT2D eigenvalue weighted by molar-refractivity contribution is -0.140. The predicted octanol–water partition coefficient (Wildman–Crippen LogP) is 8.06. The van der Waals surface area contributed by atoms with Crippen molar-refractivity contribution in [3.63, 3.8) is 0 Å². The summed E-state index contributed by atoms with van der Waals surface area (Å²) in [7, 11) is 0. The number of hydrogen-bond donors (Lipinski definition) is 6. The van der Waals surface area contributed by atoms with Crippen LogP contribution in [0.1, 0.15) is 85.5 Å². The van der Waals surface area contributed by atoms with Crippen LogP contribution in [-0.4, -0.2) is 151 Å². The monoisotopic (exact) mass is 1000 g/mol. The Morgan fingerprint density at radius 3 is 1.55 bits per heavy atom. The van der Waals surface area contributed by atoms with E-state index in [1.807, 2.05) is 36.4 Å². The van der Waals surface area contributed by atoms with E-state index in [0.29, 0.717) is 50.9 Å². The summed E-state index contributed by atoms with van der Waals surface area (Å²) in [4.78, 5) is 39.3. The Morgan fingerprint density at radius 2 is 1.07 bits per heavy atom. The SMILES string of the molecule is O=C(/C=C/c1cc(F)c(F)c(F)c1)N1CCC(O)(C(O)CN2CCC(c3c[nH]c4ccccc34)CC2)CC1.O=C(OCc1ccccc1)N1CCC(O)(C(O)CN2CCC(c3c[nH]c4ccccc34)CC2)CC1. The van der Waals surface area contributed by atoms with Gasteiger partial charge in [0.1, 0.15) is 6.61 Å². The Morgan fingerprint density at radius 1 is 0.630 bits per heavy atom. The summed E-state index contributed by atoms with van der Waals surface area (Å²) < 4.78 is 45.3. The van der Waals surface area contributed by atoms with Crippen LogP contribution in [0.3, 0.4) is 0 Å². The molecule has 0 bridgehead atoms. The van der Waals surface area contributed by atoms with Gasteiger partial charge in [-0.25, -0.2) is 18.0 Å². The number of piperidine rings is 4. The van der Waals surface area contributed by atoms with Crippen molar-refractivity contribution in [2.45, 2.75) is 93.2 Å². The summed E-state index contributed by atoms with van der Waals surface area (Å²) in [5, 5.41) is 46.7. The van der Waals surface area contributed by atoms with Gasteiger partial charge in [0.25, 0.3) is 0 Å². The number of aliphatic hydroxyl groups excluding tert-OH is 2. The number of H-pyrrole nitrogens is 2. The third-order valence-corrected chi connectivity index (χ3v) is 15.9. The molecule has 0 aliphatic carbocycles. The topological polar surface area (TPSA) is 169 Å². The fourth-order valence-electron chi connectivity index (χ4n) is 11.2. The van der Waals surface area contributed by atoms with E-state index in [2.05, 4.69) is 74.6 Å². The molecule has 2 atom stereocenters. The first-order chi connectivity index (χ1) is 35.2. The summed E-state index contributed by atoms with van der Waals surface area (Å²) >= 11 is 0. The molecule has 10 rings (SSSR count). The molecule has 4 aromatic carbocycles. The Labute approximate surface area is 423 Å². The van der Waals surface area contributed by atoms with Crippen molar-refractivity contribution < 1.29 is 47.9 Å². The van der Waals surface area contributed by atoms with Crippen LogP contribution in [0.2, 0.25) is 0 Å². The zero-order chi connectivity index (χ0) is 51.1. The van der Waals surface area contributed by atoms with Gasteiger partial charge in [-0.1, -0.05) is 66.7 Å². The number of aromatic nitrogens is 2. The maximum absolute atomic E-state index is 13.4. The third kappa shape index (κ3) is 12.3. The van der Waals surface area contributed by atoms with Crippen molar-refractivity contribution in [2.75, 3.05) is 65.4 Å². The largest absolute Gasteiger partial charge is 0.445 e. The molecule has 4 aliphatic heterocycles. The van der Waals surface area contributed by atoms with E-state index in [-0.39, 0.29) is 50.1 Å². The average Bonchev–Trinajstić information content (AvgIpc) is 4.05. The molecule has 388 valence electrons. The van der Waals surface area contributed by atoms with Crippen molar-refractivity contribution >= 4 is 39.9 Å². The zero-order valence-electron chi connectivity index (χ0n) is 41.2.